The number of hydrogen-bond acceptors (Lipinski definition) is 3. The number of hydrogen-bond donors (Lipinski definition) is 1. The Balaban J connectivity index is 1.98. The van der Waals surface area contributed by atoms with Crippen molar-refractivity contribution < 1.29 is 14.6 Å². The van der Waals surface area contributed by atoms with Gasteiger partial charge in [-0.25, -0.2) is 4.79 Å². The second-order valence-electron chi connectivity index (χ2n) is 4.82. The third-order valence-electron chi connectivity index (χ3n) is 3.21. The van der Waals surface area contributed by atoms with Gasteiger partial charge in [0.2, 0.25) is 0 Å². The van der Waals surface area contributed by atoms with Crippen molar-refractivity contribution in [2.24, 2.45) is 5.92 Å². The molecule has 1 atom stereocenters. The van der Waals surface area contributed by atoms with E-state index in [2.05, 4.69) is 0 Å². The summed E-state index contributed by atoms with van der Waals surface area (Å²) in [5.74, 6) is 0.234. The van der Waals surface area contributed by atoms with Crippen LogP contribution < -0.4 is 0 Å². The molecule has 1 fully saturated rings. The number of cyclic esters (lactones) is 1. The van der Waals surface area contributed by atoms with Crippen LogP contribution in [0, 0.1) is 12.8 Å². The lowest BCUT2D eigenvalue weighted by molar-refractivity contribution is 0.0328. The number of benzene rings is 1. The molecule has 4 heteroatoms. The standard InChI is InChI=1S/C14H19NO3/c1-11-2-4-12(5-3-11)8-15-9-13(6-7-16)10-18-14(15)17/h2-5,13,16H,6-10H2,1H3. The van der Waals surface area contributed by atoms with Crippen LogP contribution >= 0.6 is 0 Å². The van der Waals surface area contributed by atoms with Crippen LogP contribution in [-0.4, -0.2) is 35.9 Å². The Morgan fingerprint density at radius 1 is 1.39 bits per heavy atom. The van der Waals surface area contributed by atoms with Gasteiger partial charge in [0.25, 0.3) is 0 Å². The number of rotatable bonds is 4. The number of nitrogens with zero attached hydrogens (tertiary/aromatic N) is 1. The zero-order valence-electron chi connectivity index (χ0n) is 10.6. The molecule has 4 nitrogen and oxygen atoms in total. The van der Waals surface area contributed by atoms with E-state index in [4.69, 9.17) is 9.84 Å². The zero-order valence-corrected chi connectivity index (χ0v) is 10.6. The molecule has 18 heavy (non-hydrogen) atoms. The van der Waals surface area contributed by atoms with Crippen molar-refractivity contribution in [1.82, 2.24) is 4.90 Å². The van der Waals surface area contributed by atoms with Gasteiger partial charge in [-0.3, -0.25) is 0 Å². The van der Waals surface area contributed by atoms with Crippen LogP contribution in [0.5, 0.6) is 0 Å². The molecule has 0 aromatic heterocycles. The lowest BCUT2D eigenvalue weighted by Gasteiger charge is -2.32. The first-order chi connectivity index (χ1) is 8.69. The van der Waals surface area contributed by atoms with E-state index < -0.39 is 0 Å². The number of carbonyl (C=O) groups excluding carboxylic acids is 1. The van der Waals surface area contributed by atoms with E-state index in [1.807, 2.05) is 31.2 Å². The van der Waals surface area contributed by atoms with Crippen molar-refractivity contribution in [3.63, 3.8) is 0 Å². The van der Waals surface area contributed by atoms with Crippen LogP contribution in [0.1, 0.15) is 17.5 Å². The van der Waals surface area contributed by atoms with Gasteiger partial charge < -0.3 is 14.7 Å². The molecule has 1 aliphatic heterocycles. The normalized spacial score (nSPS) is 19.8. The average Bonchev–Trinajstić information content (AvgIpc) is 2.36. The van der Waals surface area contributed by atoms with Gasteiger partial charge in [0.15, 0.2) is 0 Å². The Morgan fingerprint density at radius 3 is 2.78 bits per heavy atom. The lowest BCUT2D eigenvalue weighted by Crippen LogP contribution is -2.42. The van der Waals surface area contributed by atoms with Crippen molar-refractivity contribution in [3.05, 3.63) is 35.4 Å². The fourth-order valence-corrected chi connectivity index (χ4v) is 2.12. The first-order valence-electron chi connectivity index (χ1n) is 6.27. The van der Waals surface area contributed by atoms with Crippen molar-refractivity contribution in [2.75, 3.05) is 19.8 Å². The number of aliphatic hydroxyl groups excluding tert-OH is 1. The Kier molecular flexibility index (Phi) is 4.20. The fraction of sp³-hybridized carbons (Fsp3) is 0.500. The van der Waals surface area contributed by atoms with Crippen LogP contribution in [0.25, 0.3) is 0 Å². The Hall–Kier alpha value is -1.55. The summed E-state index contributed by atoms with van der Waals surface area (Å²) >= 11 is 0. The maximum absolute atomic E-state index is 11.7. The predicted octanol–water partition coefficient (Wildman–Crippen LogP) is 1.95. The smallest absolute Gasteiger partial charge is 0.410 e. The molecular weight excluding hydrogens is 230 g/mol. The van der Waals surface area contributed by atoms with Crippen molar-refractivity contribution >= 4 is 6.09 Å². The van der Waals surface area contributed by atoms with Gasteiger partial charge in [-0.1, -0.05) is 29.8 Å². The maximum atomic E-state index is 11.7. The Labute approximate surface area is 107 Å². The molecule has 98 valence electrons. The third kappa shape index (κ3) is 3.23. The van der Waals surface area contributed by atoms with Crippen molar-refractivity contribution in [3.8, 4) is 0 Å². The largest absolute Gasteiger partial charge is 0.449 e. The molecule has 0 aliphatic carbocycles. The minimum absolute atomic E-state index is 0.139. The number of aryl methyl sites for hydroxylation is 1. The topological polar surface area (TPSA) is 49.8 Å². The van der Waals surface area contributed by atoms with Crippen LogP contribution in [0.3, 0.4) is 0 Å². The van der Waals surface area contributed by atoms with Crippen LogP contribution in [-0.2, 0) is 11.3 Å². The molecule has 1 aliphatic rings. The van der Waals surface area contributed by atoms with Crippen LogP contribution in [0.15, 0.2) is 24.3 Å². The molecule has 1 heterocycles. The minimum Gasteiger partial charge on any atom is -0.449 e. The summed E-state index contributed by atoms with van der Waals surface area (Å²) < 4.78 is 5.13. The zero-order chi connectivity index (χ0) is 13.0. The molecular formula is C14H19NO3. The van der Waals surface area contributed by atoms with Crippen molar-refractivity contribution in [2.45, 2.75) is 19.9 Å². The molecule has 1 N–H and O–H groups in total. The molecule has 1 aromatic rings. The minimum atomic E-state index is -0.259. The van der Waals surface area contributed by atoms with E-state index in [-0.39, 0.29) is 18.6 Å². The monoisotopic (exact) mass is 249 g/mol. The van der Waals surface area contributed by atoms with Crippen LogP contribution in [0.2, 0.25) is 0 Å². The van der Waals surface area contributed by atoms with E-state index in [0.29, 0.717) is 26.1 Å². The molecule has 1 aromatic carbocycles. The second kappa shape index (κ2) is 5.87. The summed E-state index contributed by atoms with van der Waals surface area (Å²) in [7, 11) is 0. The average molecular weight is 249 g/mol. The summed E-state index contributed by atoms with van der Waals surface area (Å²) in [6.45, 7) is 3.83. The van der Waals surface area contributed by atoms with E-state index in [1.165, 1.54) is 5.56 Å². The van der Waals surface area contributed by atoms with Gasteiger partial charge in [0.05, 0.1) is 6.61 Å². The van der Waals surface area contributed by atoms with Gasteiger partial charge in [0.1, 0.15) is 0 Å². The Morgan fingerprint density at radius 2 is 2.11 bits per heavy atom. The summed E-state index contributed by atoms with van der Waals surface area (Å²) in [5, 5.41) is 8.93. The van der Waals surface area contributed by atoms with Crippen molar-refractivity contribution in [1.29, 1.82) is 0 Å². The first kappa shape index (κ1) is 12.9. The SMILES string of the molecule is Cc1ccc(CN2CC(CCO)COC2=O)cc1. The van der Waals surface area contributed by atoms with Gasteiger partial charge in [-0.05, 0) is 18.9 Å². The third-order valence-corrected chi connectivity index (χ3v) is 3.21. The van der Waals surface area contributed by atoms with E-state index in [1.54, 1.807) is 4.90 Å². The highest BCUT2D eigenvalue weighted by Crippen LogP contribution is 2.17. The molecule has 0 saturated carbocycles. The molecule has 0 bridgehead atoms. The highest BCUT2D eigenvalue weighted by atomic mass is 16.6. The number of amides is 1. The molecule has 1 amide bonds. The predicted molar refractivity (Wildman–Crippen MR) is 68.1 cm³/mol. The highest BCUT2D eigenvalue weighted by molar-refractivity contribution is 5.68. The summed E-state index contributed by atoms with van der Waals surface area (Å²) in [4.78, 5) is 13.4. The molecule has 1 unspecified atom stereocenters. The molecule has 2 rings (SSSR count). The number of carbonyl (C=O) groups is 1. The van der Waals surface area contributed by atoms with Gasteiger partial charge in [-0.2, -0.15) is 0 Å². The number of aliphatic hydroxyl groups is 1. The fourth-order valence-electron chi connectivity index (χ4n) is 2.12. The highest BCUT2D eigenvalue weighted by Gasteiger charge is 2.26. The first-order valence-corrected chi connectivity index (χ1v) is 6.27. The van der Waals surface area contributed by atoms with Gasteiger partial charge in [0, 0.05) is 25.6 Å². The number of ether oxygens (including phenoxy) is 1. The molecule has 0 radical (unpaired) electrons. The van der Waals surface area contributed by atoms with E-state index in [9.17, 15) is 4.79 Å². The second-order valence-corrected chi connectivity index (χ2v) is 4.82. The van der Waals surface area contributed by atoms with Crippen LogP contribution in [0.4, 0.5) is 4.79 Å². The summed E-state index contributed by atoms with van der Waals surface area (Å²) in [6.07, 6.45) is 0.419. The van der Waals surface area contributed by atoms with Gasteiger partial charge in [-0.15, -0.1) is 0 Å². The maximum Gasteiger partial charge on any atom is 0.410 e. The summed E-state index contributed by atoms with van der Waals surface area (Å²) in [6, 6.07) is 8.13. The molecule has 1 saturated heterocycles. The van der Waals surface area contributed by atoms with E-state index in [0.717, 1.165) is 5.56 Å². The molecule has 0 spiro atoms. The lowest BCUT2D eigenvalue weighted by atomic mass is 10.0. The quantitative estimate of drug-likeness (QED) is 0.887. The van der Waals surface area contributed by atoms with Gasteiger partial charge >= 0.3 is 6.09 Å². The van der Waals surface area contributed by atoms with E-state index >= 15 is 0 Å². The summed E-state index contributed by atoms with van der Waals surface area (Å²) in [5.41, 5.74) is 2.31. The Bertz CT molecular complexity index is 402.